The number of aliphatic hydroxyl groups excluding tert-OH is 2. The highest BCUT2D eigenvalue weighted by molar-refractivity contribution is 5.76. The molecule has 0 saturated heterocycles. The monoisotopic (exact) mass is 742 g/mol. The predicted octanol–water partition coefficient (Wildman–Crippen LogP) is 14.7. The van der Waals surface area contributed by atoms with E-state index in [9.17, 15) is 15.0 Å². The molecule has 0 radical (unpaired) electrons. The number of hydrogen-bond acceptors (Lipinski definition) is 3. The van der Waals surface area contributed by atoms with Crippen LogP contribution < -0.4 is 5.32 Å². The van der Waals surface area contributed by atoms with Gasteiger partial charge in [0.1, 0.15) is 0 Å². The van der Waals surface area contributed by atoms with Crippen LogP contribution in [0.2, 0.25) is 0 Å². The van der Waals surface area contributed by atoms with E-state index in [1.165, 1.54) is 161 Å². The Balaban J connectivity index is 3.50. The first-order valence-electron chi connectivity index (χ1n) is 23.4. The highest BCUT2D eigenvalue weighted by Crippen LogP contribution is 2.16. The quantitative estimate of drug-likeness (QED) is 0.0431. The zero-order valence-corrected chi connectivity index (χ0v) is 35.5. The Kier molecular flexibility index (Phi) is 43.4. The number of carbonyl (C=O) groups is 1. The van der Waals surface area contributed by atoms with Gasteiger partial charge in [0, 0.05) is 6.42 Å². The summed E-state index contributed by atoms with van der Waals surface area (Å²) in [7, 11) is 0. The largest absolute Gasteiger partial charge is 0.394 e. The lowest BCUT2D eigenvalue weighted by Crippen LogP contribution is -2.45. The molecule has 4 nitrogen and oxygen atoms in total. The molecule has 0 aliphatic carbocycles. The topological polar surface area (TPSA) is 69.6 Å². The molecule has 4 heteroatoms. The number of nitrogens with one attached hydrogen (secondary N) is 1. The summed E-state index contributed by atoms with van der Waals surface area (Å²) in [6.45, 7) is 4.19. The van der Waals surface area contributed by atoms with Crippen LogP contribution in [0.3, 0.4) is 0 Å². The first-order valence-corrected chi connectivity index (χ1v) is 23.4. The average Bonchev–Trinajstić information content (AvgIpc) is 3.16. The van der Waals surface area contributed by atoms with Crippen molar-refractivity contribution in [2.24, 2.45) is 0 Å². The lowest BCUT2D eigenvalue weighted by molar-refractivity contribution is -0.123. The van der Waals surface area contributed by atoms with Crippen molar-refractivity contribution in [1.29, 1.82) is 0 Å². The van der Waals surface area contributed by atoms with Crippen LogP contribution in [0.25, 0.3) is 0 Å². The van der Waals surface area contributed by atoms with Gasteiger partial charge >= 0.3 is 0 Å². The second-order valence-electron chi connectivity index (χ2n) is 15.8. The fourth-order valence-electron chi connectivity index (χ4n) is 7.02. The number of allylic oxidation sites excluding steroid dienone is 7. The summed E-state index contributed by atoms with van der Waals surface area (Å²) in [5.74, 6) is -0.0929. The normalized spacial score (nSPS) is 13.4. The van der Waals surface area contributed by atoms with E-state index in [4.69, 9.17) is 0 Å². The summed E-state index contributed by atoms with van der Waals surface area (Å²) in [5.41, 5.74) is 0. The van der Waals surface area contributed by atoms with E-state index in [1.807, 2.05) is 6.08 Å². The van der Waals surface area contributed by atoms with Crippen LogP contribution in [0.15, 0.2) is 48.6 Å². The van der Waals surface area contributed by atoms with Crippen molar-refractivity contribution in [2.45, 2.75) is 251 Å². The van der Waals surface area contributed by atoms with Crippen LogP contribution >= 0.6 is 0 Å². The zero-order chi connectivity index (χ0) is 38.6. The zero-order valence-electron chi connectivity index (χ0n) is 35.5. The van der Waals surface area contributed by atoms with Crippen molar-refractivity contribution in [3.8, 4) is 0 Å². The molecule has 310 valence electrons. The summed E-state index contributed by atoms with van der Waals surface area (Å²) in [5, 5.41) is 23.0. The minimum absolute atomic E-state index is 0.0929. The SMILES string of the molecule is CC/C=C\C/C=C\C/C=C\CCCCCC(=O)NC(CO)C(O)/C=C/CCCCCCCCCCCCCCCCCCCCCCCCCCCC. The standard InChI is InChI=1S/C49H91NO3/c1-3-5-7-9-11-13-15-17-18-19-20-21-22-23-24-25-26-27-28-29-30-31-33-34-36-38-40-42-44-48(52)47(46-51)50-49(53)45-43-41-39-37-35-32-16-14-12-10-8-6-4-2/h6,8,12,14,32,35,42,44,47-48,51-52H,3-5,7,9-11,13,15-31,33-34,36-41,43,45-46H2,1-2H3,(H,50,53)/b8-6-,14-12-,35-32-,44-42+. The van der Waals surface area contributed by atoms with E-state index in [0.29, 0.717) is 6.42 Å². The van der Waals surface area contributed by atoms with Gasteiger partial charge < -0.3 is 15.5 Å². The highest BCUT2D eigenvalue weighted by atomic mass is 16.3. The van der Waals surface area contributed by atoms with Crippen LogP contribution in [-0.2, 0) is 4.79 Å². The number of rotatable bonds is 42. The van der Waals surface area contributed by atoms with Gasteiger partial charge in [0.15, 0.2) is 0 Å². The van der Waals surface area contributed by atoms with E-state index in [-0.39, 0.29) is 12.5 Å². The minimum atomic E-state index is -0.852. The third-order valence-corrected chi connectivity index (χ3v) is 10.6. The molecular formula is C49H91NO3. The third kappa shape index (κ3) is 41.4. The maximum absolute atomic E-state index is 12.3. The molecule has 0 aromatic rings. The van der Waals surface area contributed by atoms with Crippen molar-refractivity contribution in [3.63, 3.8) is 0 Å². The van der Waals surface area contributed by atoms with Crippen molar-refractivity contribution in [1.82, 2.24) is 5.32 Å². The maximum atomic E-state index is 12.3. The van der Waals surface area contributed by atoms with Crippen LogP contribution in [0, 0.1) is 0 Å². The maximum Gasteiger partial charge on any atom is 0.220 e. The van der Waals surface area contributed by atoms with Crippen LogP contribution in [-0.4, -0.2) is 34.9 Å². The Hall–Kier alpha value is -1.65. The predicted molar refractivity (Wildman–Crippen MR) is 235 cm³/mol. The van der Waals surface area contributed by atoms with Crippen molar-refractivity contribution < 1.29 is 15.0 Å². The summed E-state index contributed by atoms with van der Waals surface area (Å²) < 4.78 is 0. The molecule has 0 aliphatic rings. The third-order valence-electron chi connectivity index (χ3n) is 10.6. The molecule has 0 aromatic carbocycles. The molecule has 0 spiro atoms. The lowest BCUT2D eigenvalue weighted by atomic mass is 10.0. The molecule has 1 amide bonds. The molecular weight excluding hydrogens is 651 g/mol. The molecule has 0 bridgehead atoms. The van der Waals surface area contributed by atoms with Gasteiger partial charge in [-0.2, -0.15) is 0 Å². The van der Waals surface area contributed by atoms with Gasteiger partial charge in [-0.3, -0.25) is 4.79 Å². The molecule has 3 N–H and O–H groups in total. The molecule has 0 fully saturated rings. The molecule has 0 rings (SSSR count). The molecule has 2 unspecified atom stereocenters. The van der Waals surface area contributed by atoms with E-state index in [2.05, 4.69) is 55.6 Å². The van der Waals surface area contributed by atoms with Crippen molar-refractivity contribution in [3.05, 3.63) is 48.6 Å². The van der Waals surface area contributed by atoms with E-state index < -0.39 is 12.1 Å². The van der Waals surface area contributed by atoms with Gasteiger partial charge in [-0.15, -0.1) is 0 Å². The van der Waals surface area contributed by atoms with E-state index in [0.717, 1.165) is 57.8 Å². The molecule has 0 heterocycles. The van der Waals surface area contributed by atoms with Crippen LogP contribution in [0.4, 0.5) is 0 Å². The minimum Gasteiger partial charge on any atom is -0.394 e. The van der Waals surface area contributed by atoms with Crippen molar-refractivity contribution >= 4 is 5.91 Å². The molecule has 2 atom stereocenters. The number of aliphatic hydroxyl groups is 2. The van der Waals surface area contributed by atoms with Crippen molar-refractivity contribution in [2.75, 3.05) is 6.61 Å². The second kappa shape index (κ2) is 44.7. The van der Waals surface area contributed by atoms with Gasteiger partial charge in [-0.25, -0.2) is 0 Å². The summed E-state index contributed by atoms with van der Waals surface area (Å²) in [6.07, 6.45) is 61.1. The Labute approximate surface area is 331 Å². The van der Waals surface area contributed by atoms with Crippen LogP contribution in [0.5, 0.6) is 0 Å². The first kappa shape index (κ1) is 51.4. The summed E-state index contributed by atoms with van der Waals surface area (Å²) in [4.78, 5) is 12.3. The smallest absolute Gasteiger partial charge is 0.220 e. The van der Waals surface area contributed by atoms with E-state index in [1.54, 1.807) is 6.08 Å². The Bertz CT molecular complexity index is 847. The number of carbonyl (C=O) groups excluding carboxylic acids is 1. The molecule has 53 heavy (non-hydrogen) atoms. The summed E-state index contributed by atoms with van der Waals surface area (Å²) >= 11 is 0. The van der Waals surface area contributed by atoms with Crippen LogP contribution in [0.1, 0.15) is 239 Å². The molecule has 0 aromatic heterocycles. The van der Waals surface area contributed by atoms with Gasteiger partial charge in [0.25, 0.3) is 0 Å². The molecule has 0 aliphatic heterocycles. The average molecular weight is 742 g/mol. The second-order valence-corrected chi connectivity index (χ2v) is 15.8. The Morgan fingerprint density at radius 1 is 0.472 bits per heavy atom. The fraction of sp³-hybridized carbons (Fsp3) is 0.816. The lowest BCUT2D eigenvalue weighted by Gasteiger charge is -2.19. The number of hydrogen-bond donors (Lipinski definition) is 3. The fourth-order valence-corrected chi connectivity index (χ4v) is 7.02. The van der Waals surface area contributed by atoms with E-state index >= 15 is 0 Å². The van der Waals surface area contributed by atoms with Gasteiger partial charge in [0.2, 0.25) is 5.91 Å². The number of unbranched alkanes of at least 4 members (excludes halogenated alkanes) is 29. The summed E-state index contributed by atoms with van der Waals surface area (Å²) in [6, 6.07) is -0.638. The Morgan fingerprint density at radius 3 is 1.25 bits per heavy atom. The first-order chi connectivity index (χ1) is 26.2. The highest BCUT2D eigenvalue weighted by Gasteiger charge is 2.17. The number of amides is 1. The van der Waals surface area contributed by atoms with Gasteiger partial charge in [-0.05, 0) is 51.4 Å². The van der Waals surface area contributed by atoms with Gasteiger partial charge in [0.05, 0.1) is 18.8 Å². The van der Waals surface area contributed by atoms with Gasteiger partial charge in [-0.1, -0.05) is 229 Å². The molecule has 0 saturated carbocycles. The Morgan fingerprint density at radius 2 is 0.830 bits per heavy atom.